The Hall–Kier alpha value is -2.28. The van der Waals surface area contributed by atoms with Gasteiger partial charge < -0.3 is 4.42 Å². The van der Waals surface area contributed by atoms with Gasteiger partial charge in [-0.3, -0.25) is 0 Å². The molecular formula is C21H20O. The highest BCUT2D eigenvalue weighted by molar-refractivity contribution is 6.12. The van der Waals surface area contributed by atoms with E-state index in [0.717, 1.165) is 11.2 Å². The van der Waals surface area contributed by atoms with Crippen LogP contribution in [0.2, 0.25) is 0 Å². The summed E-state index contributed by atoms with van der Waals surface area (Å²) in [6, 6.07) is 11.0. The maximum atomic E-state index is 6.24. The van der Waals surface area contributed by atoms with E-state index in [1.807, 2.05) is 0 Å². The Morgan fingerprint density at radius 1 is 0.682 bits per heavy atom. The van der Waals surface area contributed by atoms with Crippen molar-refractivity contribution in [2.24, 2.45) is 0 Å². The summed E-state index contributed by atoms with van der Waals surface area (Å²) in [4.78, 5) is 0. The summed E-state index contributed by atoms with van der Waals surface area (Å²) in [7, 11) is 0. The van der Waals surface area contributed by atoms with Crippen LogP contribution in [-0.4, -0.2) is 0 Å². The lowest BCUT2D eigenvalue weighted by atomic mass is 9.94. The van der Waals surface area contributed by atoms with Crippen molar-refractivity contribution < 1.29 is 4.42 Å². The van der Waals surface area contributed by atoms with Crippen LogP contribution in [-0.2, 0) is 0 Å². The normalized spacial score (nSPS) is 11.9. The number of benzene rings is 3. The fraction of sp³-hybridized carbons (Fsp3) is 0.238. The van der Waals surface area contributed by atoms with E-state index in [-0.39, 0.29) is 0 Å². The first-order valence-electron chi connectivity index (χ1n) is 7.80. The van der Waals surface area contributed by atoms with Gasteiger partial charge in [-0.25, -0.2) is 0 Å². The molecule has 1 heterocycles. The minimum absolute atomic E-state index is 0.988. The molecule has 0 aliphatic heterocycles. The fourth-order valence-corrected chi connectivity index (χ4v) is 3.52. The highest BCUT2D eigenvalue weighted by atomic mass is 16.3. The van der Waals surface area contributed by atoms with Gasteiger partial charge in [-0.1, -0.05) is 23.8 Å². The van der Waals surface area contributed by atoms with Crippen LogP contribution >= 0.6 is 0 Å². The van der Waals surface area contributed by atoms with E-state index in [2.05, 4.69) is 65.0 Å². The summed E-state index contributed by atoms with van der Waals surface area (Å²) in [5.41, 5.74) is 8.63. The van der Waals surface area contributed by atoms with Gasteiger partial charge in [0, 0.05) is 10.8 Å². The van der Waals surface area contributed by atoms with Crippen molar-refractivity contribution in [2.75, 3.05) is 0 Å². The number of hydrogen-bond acceptors (Lipinski definition) is 1. The molecule has 4 aromatic rings. The molecule has 0 bridgehead atoms. The molecule has 0 atom stereocenters. The van der Waals surface area contributed by atoms with Crippen LogP contribution in [0.3, 0.4) is 0 Å². The van der Waals surface area contributed by atoms with Gasteiger partial charge in [0.25, 0.3) is 0 Å². The molecule has 0 amide bonds. The topological polar surface area (TPSA) is 13.1 Å². The van der Waals surface area contributed by atoms with Crippen LogP contribution in [0, 0.1) is 34.6 Å². The fourth-order valence-electron chi connectivity index (χ4n) is 3.52. The van der Waals surface area contributed by atoms with E-state index in [9.17, 15) is 0 Å². The predicted molar refractivity (Wildman–Crippen MR) is 94.9 cm³/mol. The standard InChI is InChI=1S/C21H20O/c1-11-6-7-16-10-19-18(9-17(16)8-11)20-14(4)12(2)13(3)15(5)21(20)22-19/h6-10H,1-5H3. The van der Waals surface area contributed by atoms with Gasteiger partial charge >= 0.3 is 0 Å². The third-order valence-electron chi connectivity index (χ3n) is 5.21. The van der Waals surface area contributed by atoms with Gasteiger partial charge in [0.1, 0.15) is 11.2 Å². The zero-order chi connectivity index (χ0) is 15.6. The van der Waals surface area contributed by atoms with Gasteiger partial charge in [-0.05, 0) is 79.8 Å². The van der Waals surface area contributed by atoms with Crippen molar-refractivity contribution in [3.63, 3.8) is 0 Å². The van der Waals surface area contributed by atoms with Gasteiger partial charge in [0.15, 0.2) is 0 Å². The first-order valence-corrected chi connectivity index (χ1v) is 7.80. The minimum atomic E-state index is 0.988. The molecule has 3 aromatic carbocycles. The molecule has 0 aliphatic rings. The minimum Gasteiger partial charge on any atom is -0.456 e. The number of furan rings is 1. The molecule has 0 aliphatic carbocycles. The lowest BCUT2D eigenvalue weighted by Gasteiger charge is -2.09. The van der Waals surface area contributed by atoms with Crippen LogP contribution in [0.25, 0.3) is 32.7 Å². The van der Waals surface area contributed by atoms with Crippen molar-refractivity contribution >= 4 is 32.7 Å². The van der Waals surface area contributed by atoms with E-state index in [1.54, 1.807) is 0 Å². The van der Waals surface area contributed by atoms with E-state index in [0.29, 0.717) is 0 Å². The van der Waals surface area contributed by atoms with E-state index in [4.69, 9.17) is 4.42 Å². The molecule has 110 valence electrons. The summed E-state index contributed by atoms with van der Waals surface area (Å²) in [6.45, 7) is 10.9. The summed E-state index contributed by atoms with van der Waals surface area (Å²) in [6.07, 6.45) is 0. The van der Waals surface area contributed by atoms with Crippen LogP contribution in [0.1, 0.15) is 27.8 Å². The SMILES string of the molecule is Cc1ccc2cc3oc4c(C)c(C)c(C)c(C)c4c3cc2c1. The zero-order valence-electron chi connectivity index (χ0n) is 13.8. The Labute approximate surface area is 130 Å². The first-order chi connectivity index (χ1) is 10.5. The maximum Gasteiger partial charge on any atom is 0.138 e. The molecule has 0 radical (unpaired) electrons. The maximum absolute atomic E-state index is 6.24. The van der Waals surface area contributed by atoms with Gasteiger partial charge in [-0.2, -0.15) is 0 Å². The second-order valence-corrected chi connectivity index (χ2v) is 6.51. The first kappa shape index (κ1) is 13.4. The lowest BCUT2D eigenvalue weighted by molar-refractivity contribution is 0.665. The number of rotatable bonds is 0. The Kier molecular flexibility index (Phi) is 2.65. The van der Waals surface area contributed by atoms with Gasteiger partial charge in [0.2, 0.25) is 0 Å². The highest BCUT2D eigenvalue weighted by Crippen LogP contribution is 2.38. The Morgan fingerprint density at radius 3 is 2.18 bits per heavy atom. The smallest absolute Gasteiger partial charge is 0.138 e. The van der Waals surface area contributed by atoms with E-state index < -0.39 is 0 Å². The molecular weight excluding hydrogens is 268 g/mol. The van der Waals surface area contributed by atoms with Crippen LogP contribution in [0.15, 0.2) is 34.7 Å². The van der Waals surface area contributed by atoms with E-state index in [1.165, 1.54) is 49.4 Å². The second kappa shape index (κ2) is 4.36. The van der Waals surface area contributed by atoms with E-state index >= 15 is 0 Å². The van der Waals surface area contributed by atoms with Crippen molar-refractivity contribution in [1.29, 1.82) is 0 Å². The molecule has 1 aromatic heterocycles. The Bertz CT molecular complexity index is 1060. The monoisotopic (exact) mass is 288 g/mol. The molecule has 0 fully saturated rings. The summed E-state index contributed by atoms with van der Waals surface area (Å²) < 4.78 is 6.24. The molecule has 0 saturated heterocycles. The summed E-state index contributed by atoms with van der Waals surface area (Å²) in [5, 5.41) is 5.03. The average molecular weight is 288 g/mol. The van der Waals surface area contributed by atoms with Crippen molar-refractivity contribution in [2.45, 2.75) is 34.6 Å². The third-order valence-corrected chi connectivity index (χ3v) is 5.21. The largest absolute Gasteiger partial charge is 0.456 e. The lowest BCUT2D eigenvalue weighted by Crippen LogP contribution is -1.91. The Morgan fingerprint density at radius 2 is 1.41 bits per heavy atom. The molecule has 1 nitrogen and oxygen atoms in total. The number of fused-ring (bicyclic) bond motifs is 4. The van der Waals surface area contributed by atoms with Crippen molar-refractivity contribution in [3.8, 4) is 0 Å². The van der Waals surface area contributed by atoms with Crippen LogP contribution in [0.5, 0.6) is 0 Å². The number of aryl methyl sites for hydroxylation is 3. The molecule has 1 heteroatoms. The zero-order valence-corrected chi connectivity index (χ0v) is 13.8. The molecule has 0 N–H and O–H groups in total. The van der Waals surface area contributed by atoms with Crippen molar-refractivity contribution in [3.05, 3.63) is 58.1 Å². The molecule has 0 saturated carbocycles. The summed E-state index contributed by atoms with van der Waals surface area (Å²) in [5.74, 6) is 0. The van der Waals surface area contributed by atoms with Crippen molar-refractivity contribution in [1.82, 2.24) is 0 Å². The van der Waals surface area contributed by atoms with Gasteiger partial charge in [-0.15, -0.1) is 0 Å². The molecule has 4 rings (SSSR count). The molecule has 0 spiro atoms. The number of hydrogen-bond donors (Lipinski definition) is 0. The second-order valence-electron chi connectivity index (χ2n) is 6.51. The quantitative estimate of drug-likeness (QED) is 0.371. The summed E-state index contributed by atoms with van der Waals surface area (Å²) >= 11 is 0. The third kappa shape index (κ3) is 1.65. The van der Waals surface area contributed by atoms with Crippen LogP contribution < -0.4 is 0 Å². The average Bonchev–Trinajstić information content (AvgIpc) is 2.87. The molecule has 22 heavy (non-hydrogen) atoms. The van der Waals surface area contributed by atoms with Crippen LogP contribution in [0.4, 0.5) is 0 Å². The highest BCUT2D eigenvalue weighted by Gasteiger charge is 2.16. The Balaban J connectivity index is 2.27. The molecule has 0 unspecified atom stereocenters. The predicted octanol–water partition coefficient (Wildman–Crippen LogP) is 6.28. The van der Waals surface area contributed by atoms with Gasteiger partial charge in [0.05, 0.1) is 0 Å².